The third-order valence-electron chi connectivity index (χ3n) is 5.39. The maximum atomic E-state index is 12.3. The number of aromatic nitrogens is 1. The predicted octanol–water partition coefficient (Wildman–Crippen LogP) is 4.27. The van der Waals surface area contributed by atoms with Gasteiger partial charge >= 0.3 is 5.97 Å². The molecular weight excluding hydrogens is 464 g/mol. The van der Waals surface area contributed by atoms with Crippen LogP contribution < -0.4 is 10.2 Å². The van der Waals surface area contributed by atoms with Crippen LogP contribution in [-0.4, -0.2) is 40.8 Å². The Bertz CT molecular complexity index is 1290. The molecule has 1 heterocycles. The van der Waals surface area contributed by atoms with E-state index in [1.165, 1.54) is 18.3 Å². The Hall–Kier alpha value is -4.47. The number of carbonyl (C=O) groups excluding carboxylic acids is 2. The van der Waals surface area contributed by atoms with Crippen LogP contribution in [0.3, 0.4) is 0 Å². The molecule has 2 aromatic carbocycles. The van der Waals surface area contributed by atoms with Gasteiger partial charge in [-0.1, -0.05) is 12.1 Å². The summed E-state index contributed by atoms with van der Waals surface area (Å²) in [5, 5.41) is 15.7. The van der Waals surface area contributed by atoms with Crippen molar-refractivity contribution in [2.45, 2.75) is 34.1 Å². The van der Waals surface area contributed by atoms with Crippen molar-refractivity contribution >= 4 is 23.8 Å². The van der Waals surface area contributed by atoms with E-state index in [4.69, 9.17) is 9.47 Å². The molecule has 0 fully saturated rings. The topological polar surface area (TPSA) is 125 Å². The second-order valence-electron chi connectivity index (χ2n) is 7.89. The number of benzene rings is 2. The fourth-order valence-corrected chi connectivity index (χ4v) is 3.78. The van der Waals surface area contributed by atoms with Crippen LogP contribution in [-0.2, 0) is 16.0 Å². The molecule has 10 heteroatoms. The van der Waals surface area contributed by atoms with E-state index in [0.29, 0.717) is 12.3 Å². The van der Waals surface area contributed by atoms with Crippen LogP contribution >= 0.6 is 0 Å². The summed E-state index contributed by atoms with van der Waals surface area (Å²) in [7, 11) is 0. The first-order valence-electron chi connectivity index (χ1n) is 11.4. The summed E-state index contributed by atoms with van der Waals surface area (Å²) in [5.74, 6) is -0.268. The van der Waals surface area contributed by atoms with Gasteiger partial charge in [-0.3, -0.25) is 14.9 Å². The number of nitro groups is 1. The Labute approximate surface area is 208 Å². The number of nitro benzene ring substituents is 1. The quantitative estimate of drug-likeness (QED) is 0.195. The van der Waals surface area contributed by atoms with Gasteiger partial charge in [-0.15, -0.1) is 0 Å². The smallest absolute Gasteiger partial charge is 0.345 e. The zero-order chi connectivity index (χ0) is 26.2. The summed E-state index contributed by atoms with van der Waals surface area (Å²) >= 11 is 0. The second-order valence-corrected chi connectivity index (χ2v) is 7.89. The van der Waals surface area contributed by atoms with Gasteiger partial charge in [0.2, 0.25) is 5.91 Å². The van der Waals surface area contributed by atoms with Crippen molar-refractivity contribution < 1.29 is 24.0 Å². The van der Waals surface area contributed by atoms with Crippen LogP contribution in [0.1, 0.15) is 46.7 Å². The van der Waals surface area contributed by atoms with Gasteiger partial charge in [0.1, 0.15) is 11.3 Å². The molecule has 0 aliphatic rings. The zero-order valence-electron chi connectivity index (χ0n) is 20.6. The third kappa shape index (κ3) is 6.15. The molecule has 0 unspecified atom stereocenters. The maximum absolute atomic E-state index is 12.3. The van der Waals surface area contributed by atoms with Gasteiger partial charge in [-0.25, -0.2) is 10.2 Å². The molecule has 1 amide bonds. The highest BCUT2D eigenvalue weighted by atomic mass is 16.6. The monoisotopic (exact) mass is 492 g/mol. The minimum Gasteiger partial charge on any atom is -0.494 e. The number of aryl methyl sites for hydroxylation is 1. The lowest BCUT2D eigenvalue weighted by Gasteiger charge is -2.11. The Morgan fingerprint density at radius 3 is 2.44 bits per heavy atom. The molecule has 0 saturated heterocycles. The van der Waals surface area contributed by atoms with Gasteiger partial charge in [0.15, 0.2) is 0 Å². The fourth-order valence-electron chi connectivity index (χ4n) is 3.78. The number of nitrogens with one attached hydrogen (secondary N) is 1. The molecule has 0 radical (unpaired) electrons. The number of amides is 1. The fraction of sp³-hybridized carbons (Fsp3) is 0.269. The number of esters is 1. The van der Waals surface area contributed by atoms with E-state index in [9.17, 15) is 19.7 Å². The number of ether oxygens (including phenoxy) is 2. The molecule has 0 spiro atoms. The third-order valence-corrected chi connectivity index (χ3v) is 5.39. The molecule has 1 N–H and O–H groups in total. The van der Waals surface area contributed by atoms with Crippen molar-refractivity contribution in [3.63, 3.8) is 0 Å². The molecule has 36 heavy (non-hydrogen) atoms. The number of hydrogen-bond acceptors (Lipinski definition) is 7. The van der Waals surface area contributed by atoms with E-state index in [2.05, 4.69) is 10.5 Å². The summed E-state index contributed by atoms with van der Waals surface area (Å²) in [5.41, 5.74) is 5.71. The number of hydrazone groups is 1. The highest BCUT2D eigenvalue weighted by Crippen LogP contribution is 2.27. The second kappa shape index (κ2) is 11.8. The molecule has 0 aliphatic heterocycles. The predicted molar refractivity (Wildman–Crippen MR) is 135 cm³/mol. The van der Waals surface area contributed by atoms with Gasteiger partial charge in [0, 0.05) is 23.0 Å². The number of hydrogen-bond donors (Lipinski definition) is 1. The van der Waals surface area contributed by atoms with Crippen molar-refractivity contribution in [2.75, 3.05) is 13.2 Å². The summed E-state index contributed by atoms with van der Waals surface area (Å²) in [4.78, 5) is 35.3. The molecule has 188 valence electrons. The van der Waals surface area contributed by atoms with Gasteiger partial charge < -0.3 is 14.0 Å². The van der Waals surface area contributed by atoms with Crippen LogP contribution in [0, 0.1) is 24.0 Å². The lowest BCUT2D eigenvalue weighted by molar-refractivity contribution is -0.385. The van der Waals surface area contributed by atoms with E-state index in [1.807, 2.05) is 55.7 Å². The molecule has 0 bridgehead atoms. The first-order chi connectivity index (χ1) is 17.2. The highest BCUT2D eigenvalue weighted by Gasteiger charge is 2.23. The van der Waals surface area contributed by atoms with Crippen molar-refractivity contribution in [3.8, 4) is 11.4 Å². The van der Waals surface area contributed by atoms with Gasteiger partial charge in [-0.2, -0.15) is 5.10 Å². The van der Waals surface area contributed by atoms with Crippen LogP contribution in [0.5, 0.6) is 5.75 Å². The Morgan fingerprint density at radius 2 is 1.81 bits per heavy atom. The number of nitrogens with zero attached hydrogens (tertiary/aromatic N) is 3. The molecule has 10 nitrogen and oxygen atoms in total. The lowest BCUT2D eigenvalue weighted by Crippen LogP contribution is -2.19. The molecule has 3 rings (SSSR count). The van der Waals surface area contributed by atoms with Crippen LogP contribution in [0.2, 0.25) is 0 Å². The average molecular weight is 493 g/mol. The number of carbonyl (C=O) groups is 2. The minimum atomic E-state index is -0.745. The molecular formula is C26H28N4O6. The van der Waals surface area contributed by atoms with Crippen molar-refractivity contribution in [1.82, 2.24) is 9.99 Å². The zero-order valence-corrected chi connectivity index (χ0v) is 20.6. The molecule has 1 aromatic heterocycles. The Balaban J connectivity index is 1.75. The SMILES string of the molecule is CCOC(=O)c1ccc(-n2c(C)cc(/C=N\NC(=O)Cc3ccc(OCC)cc3)c2C)cc1[N+](=O)[O-]. The van der Waals surface area contributed by atoms with Crippen molar-refractivity contribution in [2.24, 2.45) is 5.10 Å². The van der Waals surface area contributed by atoms with Gasteiger partial charge in [0.05, 0.1) is 36.5 Å². The molecule has 0 aliphatic carbocycles. The van der Waals surface area contributed by atoms with Crippen molar-refractivity contribution in [1.29, 1.82) is 0 Å². The normalized spacial score (nSPS) is 10.9. The van der Waals surface area contributed by atoms with E-state index in [0.717, 1.165) is 28.3 Å². The minimum absolute atomic E-state index is 0.106. The Kier molecular flexibility index (Phi) is 8.56. The largest absolute Gasteiger partial charge is 0.494 e. The first kappa shape index (κ1) is 26.1. The van der Waals surface area contributed by atoms with Gasteiger partial charge in [-0.05, 0) is 63.6 Å². The highest BCUT2D eigenvalue weighted by molar-refractivity contribution is 5.94. The summed E-state index contributed by atoms with van der Waals surface area (Å²) in [6, 6.07) is 13.5. The van der Waals surface area contributed by atoms with Crippen molar-refractivity contribution in [3.05, 3.63) is 86.7 Å². The van der Waals surface area contributed by atoms with Crippen LogP contribution in [0.15, 0.2) is 53.6 Å². The molecule has 0 atom stereocenters. The maximum Gasteiger partial charge on any atom is 0.345 e. The van der Waals surface area contributed by atoms with E-state index in [1.54, 1.807) is 13.0 Å². The lowest BCUT2D eigenvalue weighted by atomic mass is 10.1. The van der Waals surface area contributed by atoms with Gasteiger partial charge in [0.25, 0.3) is 5.69 Å². The van der Waals surface area contributed by atoms with E-state index in [-0.39, 0.29) is 30.2 Å². The standard InChI is InChI=1S/C26H28N4O6/c1-5-35-22-10-7-19(8-11-22)14-25(31)28-27-16-20-13-17(3)29(18(20)4)21-9-12-23(26(32)36-6-2)24(15-21)30(33)34/h7-13,15-16H,5-6,14H2,1-4H3,(H,28,31)/b27-16-. The van der Waals surface area contributed by atoms with Crippen LogP contribution in [0.4, 0.5) is 5.69 Å². The summed E-state index contributed by atoms with van der Waals surface area (Å²) in [6.07, 6.45) is 1.69. The summed E-state index contributed by atoms with van der Waals surface area (Å²) in [6.45, 7) is 7.91. The summed E-state index contributed by atoms with van der Waals surface area (Å²) < 4.78 is 12.1. The van der Waals surface area contributed by atoms with E-state index < -0.39 is 10.9 Å². The first-order valence-corrected chi connectivity index (χ1v) is 11.4. The Morgan fingerprint density at radius 1 is 1.08 bits per heavy atom. The number of rotatable bonds is 10. The van der Waals surface area contributed by atoms with Crippen LogP contribution in [0.25, 0.3) is 5.69 Å². The average Bonchev–Trinajstić information content (AvgIpc) is 3.13. The van der Waals surface area contributed by atoms with E-state index >= 15 is 0 Å². The molecule has 3 aromatic rings. The molecule has 0 saturated carbocycles.